The van der Waals surface area contributed by atoms with Gasteiger partial charge in [0.15, 0.2) is 21.3 Å². The van der Waals surface area contributed by atoms with Crippen LogP contribution in [0.1, 0.15) is 27.7 Å². The SMILES string of the molecule is CO[C@@H]1C(=O)N2C(C(=O)OC(C)(C)C)=C(COC(C)=O)C(CSc3ccccc3)S(=O)(=O)C12. The molecule has 1 aromatic carbocycles. The fraction of sp³-hybridized carbons (Fsp3) is 0.500. The van der Waals surface area contributed by atoms with Crippen LogP contribution in [0, 0.1) is 0 Å². The van der Waals surface area contributed by atoms with Gasteiger partial charge in [0.25, 0.3) is 5.91 Å². The van der Waals surface area contributed by atoms with Crippen LogP contribution in [0.2, 0.25) is 0 Å². The maximum atomic E-state index is 13.6. The summed E-state index contributed by atoms with van der Waals surface area (Å²) in [6.07, 6.45) is -1.23. The van der Waals surface area contributed by atoms with Crippen molar-refractivity contribution in [3.8, 4) is 0 Å². The van der Waals surface area contributed by atoms with Gasteiger partial charge in [0.2, 0.25) is 0 Å². The van der Waals surface area contributed by atoms with Crippen LogP contribution in [-0.4, -0.2) is 73.0 Å². The van der Waals surface area contributed by atoms with E-state index in [4.69, 9.17) is 14.2 Å². The first kappa shape index (κ1) is 25.3. The maximum absolute atomic E-state index is 13.6. The Balaban J connectivity index is 2.12. The molecular formula is C22H27NO8S2. The second kappa shape index (κ2) is 9.47. The molecule has 1 fully saturated rings. The number of amides is 1. The van der Waals surface area contributed by atoms with Crippen LogP contribution < -0.4 is 0 Å². The van der Waals surface area contributed by atoms with Gasteiger partial charge in [-0.05, 0) is 32.9 Å². The summed E-state index contributed by atoms with van der Waals surface area (Å²) in [6.45, 7) is 5.70. The van der Waals surface area contributed by atoms with Gasteiger partial charge in [-0.25, -0.2) is 13.2 Å². The van der Waals surface area contributed by atoms with Crippen LogP contribution in [0.3, 0.4) is 0 Å². The molecule has 2 aliphatic rings. The predicted molar refractivity (Wildman–Crippen MR) is 121 cm³/mol. The predicted octanol–water partition coefficient (Wildman–Crippen LogP) is 1.92. The van der Waals surface area contributed by atoms with E-state index in [0.717, 1.165) is 9.80 Å². The van der Waals surface area contributed by atoms with Crippen molar-refractivity contribution in [1.82, 2.24) is 4.90 Å². The van der Waals surface area contributed by atoms with Crippen molar-refractivity contribution in [2.75, 3.05) is 19.5 Å². The van der Waals surface area contributed by atoms with Crippen LogP contribution in [-0.2, 0) is 38.4 Å². The van der Waals surface area contributed by atoms with Gasteiger partial charge < -0.3 is 14.2 Å². The molecule has 180 valence electrons. The van der Waals surface area contributed by atoms with Crippen molar-refractivity contribution in [1.29, 1.82) is 0 Å². The molecule has 0 bridgehead atoms. The average molecular weight is 498 g/mol. The summed E-state index contributed by atoms with van der Waals surface area (Å²) in [5.74, 6) is -2.13. The number of benzene rings is 1. The lowest BCUT2D eigenvalue weighted by Crippen LogP contribution is -2.72. The number of esters is 2. The number of methoxy groups -OCH3 is 1. The van der Waals surface area contributed by atoms with Gasteiger partial charge >= 0.3 is 11.9 Å². The third-order valence-corrected chi connectivity index (χ3v) is 8.77. The molecular weight excluding hydrogens is 470 g/mol. The summed E-state index contributed by atoms with van der Waals surface area (Å²) < 4.78 is 43.0. The largest absolute Gasteiger partial charge is 0.461 e. The number of sulfone groups is 1. The Morgan fingerprint density at radius 3 is 2.33 bits per heavy atom. The Morgan fingerprint density at radius 1 is 1.15 bits per heavy atom. The summed E-state index contributed by atoms with van der Waals surface area (Å²) in [5.41, 5.74) is -1.09. The highest BCUT2D eigenvalue weighted by molar-refractivity contribution is 8.01. The summed E-state index contributed by atoms with van der Waals surface area (Å²) in [5, 5.41) is -2.56. The number of carbonyl (C=O) groups is 3. The highest BCUT2D eigenvalue weighted by atomic mass is 32.2. The Kier molecular flexibility index (Phi) is 7.25. The smallest absolute Gasteiger partial charge is 0.355 e. The number of hydrogen-bond donors (Lipinski definition) is 0. The van der Waals surface area contributed by atoms with E-state index in [1.807, 2.05) is 30.3 Å². The fourth-order valence-electron chi connectivity index (χ4n) is 3.67. The Labute approximate surface area is 197 Å². The lowest BCUT2D eigenvalue weighted by Gasteiger charge is -2.50. The standard InChI is InChI=1S/C22H27NO8S2/c1-13(24)30-11-15-16(12-32-14-9-7-6-8-10-14)33(27,28)20-18(29-5)19(25)23(20)17(15)21(26)31-22(2,3)4/h6-10,16,18,20H,11-12H2,1-5H3/t16?,18-,20?/m1/s1. The van der Waals surface area contributed by atoms with Gasteiger partial charge in [0, 0.05) is 30.3 Å². The topological polar surface area (TPSA) is 116 Å². The molecule has 0 aliphatic carbocycles. The molecule has 2 unspecified atom stereocenters. The van der Waals surface area contributed by atoms with Crippen molar-refractivity contribution in [2.45, 2.75) is 54.9 Å². The molecule has 2 heterocycles. The van der Waals surface area contributed by atoms with E-state index in [1.54, 1.807) is 20.8 Å². The van der Waals surface area contributed by atoms with Crippen LogP contribution in [0.5, 0.6) is 0 Å². The summed E-state index contributed by atoms with van der Waals surface area (Å²) in [6, 6.07) is 9.16. The minimum atomic E-state index is -4.03. The number of fused-ring (bicyclic) bond motifs is 1. The fourth-order valence-corrected chi connectivity index (χ4v) is 7.51. The highest BCUT2D eigenvalue weighted by Crippen LogP contribution is 2.43. The van der Waals surface area contributed by atoms with Gasteiger partial charge in [0.1, 0.15) is 17.9 Å². The second-order valence-corrected chi connectivity index (χ2v) is 11.9. The van der Waals surface area contributed by atoms with Crippen molar-refractivity contribution in [3.63, 3.8) is 0 Å². The van der Waals surface area contributed by atoms with E-state index in [2.05, 4.69) is 0 Å². The van der Waals surface area contributed by atoms with E-state index < -0.39 is 56.6 Å². The molecule has 9 nitrogen and oxygen atoms in total. The molecule has 3 atom stereocenters. The van der Waals surface area contributed by atoms with Crippen LogP contribution in [0.4, 0.5) is 0 Å². The lowest BCUT2D eigenvalue weighted by atomic mass is 10.0. The van der Waals surface area contributed by atoms with Crippen LogP contribution >= 0.6 is 11.8 Å². The zero-order chi connectivity index (χ0) is 24.6. The van der Waals surface area contributed by atoms with Crippen molar-refractivity contribution >= 4 is 39.4 Å². The molecule has 2 aliphatic heterocycles. The van der Waals surface area contributed by atoms with Crippen molar-refractivity contribution in [3.05, 3.63) is 41.6 Å². The lowest BCUT2D eigenvalue weighted by molar-refractivity contribution is -0.167. The van der Waals surface area contributed by atoms with E-state index in [-0.39, 0.29) is 17.0 Å². The van der Waals surface area contributed by atoms with Crippen molar-refractivity contribution in [2.24, 2.45) is 0 Å². The monoisotopic (exact) mass is 497 g/mol. The third kappa shape index (κ3) is 5.10. The number of thioether (sulfide) groups is 1. The van der Waals surface area contributed by atoms with E-state index in [0.29, 0.717) is 0 Å². The van der Waals surface area contributed by atoms with Gasteiger partial charge in [-0.15, -0.1) is 11.8 Å². The second-order valence-electron chi connectivity index (χ2n) is 8.61. The molecule has 1 amide bonds. The van der Waals surface area contributed by atoms with Gasteiger partial charge in [-0.1, -0.05) is 18.2 Å². The van der Waals surface area contributed by atoms with Crippen molar-refractivity contribution < 1.29 is 37.0 Å². The molecule has 0 aromatic heterocycles. The van der Waals surface area contributed by atoms with Gasteiger partial charge in [-0.3, -0.25) is 14.5 Å². The zero-order valence-corrected chi connectivity index (χ0v) is 20.7. The Morgan fingerprint density at radius 2 is 1.79 bits per heavy atom. The number of hydrogen-bond acceptors (Lipinski definition) is 9. The molecule has 1 saturated heterocycles. The van der Waals surface area contributed by atoms with E-state index in [9.17, 15) is 22.8 Å². The quantitative estimate of drug-likeness (QED) is 0.316. The molecule has 11 heteroatoms. The molecule has 0 N–H and O–H groups in total. The molecule has 0 radical (unpaired) electrons. The van der Waals surface area contributed by atoms with Gasteiger partial charge in [-0.2, -0.15) is 0 Å². The number of ether oxygens (including phenoxy) is 3. The average Bonchev–Trinajstić information content (AvgIpc) is 2.71. The maximum Gasteiger partial charge on any atom is 0.355 e. The van der Waals surface area contributed by atoms with E-state index in [1.165, 1.54) is 25.8 Å². The summed E-state index contributed by atoms with van der Waals surface area (Å²) in [4.78, 5) is 39.2. The molecule has 0 spiro atoms. The van der Waals surface area contributed by atoms with Crippen LogP contribution in [0.15, 0.2) is 46.5 Å². The Hall–Kier alpha value is -2.37. The summed E-state index contributed by atoms with van der Waals surface area (Å²) >= 11 is 1.28. The van der Waals surface area contributed by atoms with E-state index >= 15 is 0 Å². The molecule has 3 rings (SSSR count). The number of β-lactam (4-membered cyclic amide) rings is 1. The summed E-state index contributed by atoms with van der Waals surface area (Å²) in [7, 11) is -2.79. The Bertz CT molecular complexity index is 1080. The number of rotatable bonds is 7. The minimum Gasteiger partial charge on any atom is -0.461 e. The number of nitrogens with zero attached hydrogens (tertiary/aromatic N) is 1. The number of carbonyl (C=O) groups excluding carboxylic acids is 3. The molecule has 0 saturated carbocycles. The zero-order valence-electron chi connectivity index (χ0n) is 19.1. The highest BCUT2D eigenvalue weighted by Gasteiger charge is 2.63. The molecule has 1 aromatic rings. The molecule has 33 heavy (non-hydrogen) atoms. The third-order valence-electron chi connectivity index (χ3n) is 5.08. The minimum absolute atomic E-state index is 0.0158. The first-order valence-electron chi connectivity index (χ1n) is 10.2. The normalized spacial score (nSPS) is 24.1. The van der Waals surface area contributed by atoms with Crippen LogP contribution in [0.25, 0.3) is 0 Å². The first-order chi connectivity index (χ1) is 15.4. The first-order valence-corrected chi connectivity index (χ1v) is 12.8. The van der Waals surface area contributed by atoms with Gasteiger partial charge in [0.05, 0.1) is 5.25 Å².